The van der Waals surface area contributed by atoms with Crippen LogP contribution >= 0.6 is 11.6 Å². The van der Waals surface area contributed by atoms with Crippen molar-refractivity contribution in [1.29, 1.82) is 0 Å². The van der Waals surface area contributed by atoms with E-state index in [0.717, 1.165) is 34.8 Å². The van der Waals surface area contributed by atoms with Crippen LogP contribution in [0.5, 0.6) is 0 Å². The number of nitrogens with zero attached hydrogens (tertiary/aromatic N) is 3. The summed E-state index contributed by atoms with van der Waals surface area (Å²) in [6.07, 6.45) is 2.54. The van der Waals surface area contributed by atoms with Gasteiger partial charge in [-0.05, 0) is 49.6 Å². The highest BCUT2D eigenvalue weighted by molar-refractivity contribution is 6.32. The molecule has 1 aliphatic heterocycles. The number of aryl methyl sites for hydroxylation is 2. The van der Waals surface area contributed by atoms with Gasteiger partial charge in [0, 0.05) is 23.5 Å². The van der Waals surface area contributed by atoms with Crippen LogP contribution in [0, 0.1) is 13.8 Å². The van der Waals surface area contributed by atoms with Crippen molar-refractivity contribution in [1.82, 2.24) is 9.55 Å². The molecule has 1 aromatic heterocycles. The topological polar surface area (TPSA) is 30.3 Å². The number of hydrogen-bond acceptors (Lipinski definition) is 3. The first-order valence-corrected chi connectivity index (χ1v) is 9.33. The number of anilines is 2. The lowest BCUT2D eigenvalue weighted by Gasteiger charge is -2.28. The van der Waals surface area contributed by atoms with E-state index in [1.807, 2.05) is 37.4 Å². The molecule has 136 valence electrons. The number of rotatable bonds is 4. The Bertz CT molecular complexity index is 950. The maximum Gasteiger partial charge on any atom is 0.212 e. The minimum Gasteiger partial charge on any atom is -0.359 e. The van der Waals surface area contributed by atoms with E-state index in [1.54, 1.807) is 7.11 Å². The summed E-state index contributed by atoms with van der Waals surface area (Å²) in [6, 6.07) is 14.1. The number of methoxy groups -OCH3 is 1. The summed E-state index contributed by atoms with van der Waals surface area (Å²) < 4.78 is 8.21. The van der Waals surface area contributed by atoms with Crippen molar-refractivity contribution in [2.75, 3.05) is 12.0 Å². The first-order chi connectivity index (χ1) is 13.0. The molecular weight excluding hydrogens is 357 g/mol. The van der Waals surface area contributed by atoms with Crippen LogP contribution < -0.4 is 10.4 Å². The average molecular weight is 378 g/mol. The Morgan fingerprint density at radius 2 is 1.89 bits per heavy atom. The Morgan fingerprint density at radius 3 is 2.56 bits per heavy atom. The summed E-state index contributed by atoms with van der Waals surface area (Å²) in [5.41, 5.74) is 5.17. The fourth-order valence-corrected chi connectivity index (χ4v) is 4.19. The monoisotopic (exact) mass is 377 g/mol. The molecule has 27 heavy (non-hydrogen) atoms. The normalized spacial score (nSPS) is 18.7. The summed E-state index contributed by atoms with van der Waals surface area (Å²) in [5, 5.41) is 0.705. The van der Waals surface area contributed by atoms with E-state index in [-0.39, 0.29) is 12.3 Å². The molecule has 0 amide bonds. The molecule has 0 aliphatic carbocycles. The zero-order chi connectivity index (χ0) is 19.1. The second-order valence-corrected chi connectivity index (χ2v) is 7.50. The summed E-state index contributed by atoms with van der Waals surface area (Å²) in [5.74, 6) is 0.876. The molecule has 3 aromatic rings. The lowest BCUT2D eigenvalue weighted by atomic mass is 9.93. The molecule has 2 atom stereocenters. The van der Waals surface area contributed by atoms with Crippen molar-refractivity contribution in [2.45, 2.75) is 32.5 Å². The van der Waals surface area contributed by atoms with Crippen molar-refractivity contribution in [2.24, 2.45) is 0 Å². The van der Waals surface area contributed by atoms with Gasteiger partial charge in [-0.15, -0.1) is 0 Å². The molecule has 0 saturated carbocycles. The van der Waals surface area contributed by atoms with Gasteiger partial charge in [0.25, 0.3) is 0 Å². The highest BCUT2D eigenvalue weighted by Crippen LogP contribution is 2.43. The van der Waals surface area contributed by atoms with Gasteiger partial charge in [0.1, 0.15) is 7.85 Å². The van der Waals surface area contributed by atoms with Crippen LogP contribution in [0.4, 0.5) is 11.6 Å². The number of halogens is 1. The number of aromatic nitrogens is 2. The van der Waals surface area contributed by atoms with Crippen LogP contribution in [0.25, 0.3) is 0 Å². The van der Waals surface area contributed by atoms with Crippen molar-refractivity contribution in [3.8, 4) is 0 Å². The zero-order valence-corrected chi connectivity index (χ0v) is 16.4. The first-order valence-electron chi connectivity index (χ1n) is 8.95. The summed E-state index contributed by atoms with van der Waals surface area (Å²) >= 11 is 6.33. The predicted octanol–water partition coefficient (Wildman–Crippen LogP) is 3.86. The molecule has 1 unspecified atom stereocenters. The van der Waals surface area contributed by atoms with Crippen LogP contribution in [0.3, 0.4) is 0 Å². The van der Waals surface area contributed by atoms with E-state index in [1.165, 1.54) is 5.56 Å². The van der Waals surface area contributed by atoms with Crippen molar-refractivity contribution in [3.05, 3.63) is 70.5 Å². The fraction of sp³-hybridized carbons (Fsp3) is 0.286. The first kappa shape index (κ1) is 18.1. The van der Waals surface area contributed by atoms with E-state index >= 15 is 0 Å². The van der Waals surface area contributed by atoms with Crippen LogP contribution in [-0.4, -0.2) is 30.7 Å². The van der Waals surface area contributed by atoms with E-state index in [4.69, 9.17) is 24.2 Å². The number of ether oxygens (including phenoxy) is 1. The van der Waals surface area contributed by atoms with E-state index in [0.29, 0.717) is 5.02 Å². The number of benzene rings is 2. The molecule has 6 heteroatoms. The highest BCUT2D eigenvalue weighted by atomic mass is 35.5. The number of hydrogen-bond donors (Lipinski definition) is 0. The molecule has 4 rings (SSSR count). The molecule has 0 N–H and O–H groups in total. The fourth-order valence-electron chi connectivity index (χ4n) is 3.90. The van der Waals surface area contributed by atoms with Gasteiger partial charge in [-0.3, -0.25) is 4.90 Å². The van der Waals surface area contributed by atoms with Crippen LogP contribution in [0.1, 0.15) is 22.9 Å². The third kappa shape index (κ3) is 3.26. The lowest BCUT2D eigenvalue weighted by molar-refractivity contribution is 0.0769. The van der Waals surface area contributed by atoms with Crippen LogP contribution in [0.2, 0.25) is 5.02 Å². The Hall–Kier alpha value is -2.24. The Kier molecular flexibility index (Phi) is 4.74. The predicted molar refractivity (Wildman–Crippen MR) is 111 cm³/mol. The molecule has 1 aliphatic rings. The van der Waals surface area contributed by atoms with Gasteiger partial charge in [0.2, 0.25) is 5.95 Å². The standard InChI is InChI=1S/C21H21BClN3O/c1-13-8-17(23)11-18(9-13)26-20(27-3)19(25-14(2)12-24-21(25)26)10-15-4-6-16(22)7-5-15/h4-9,11-12,19-20H,10H2,1-3H3/t19-,20?/m1/s1. The molecule has 0 bridgehead atoms. The van der Waals surface area contributed by atoms with E-state index in [2.05, 4.69) is 39.6 Å². The maximum absolute atomic E-state index is 6.33. The molecule has 2 radical (unpaired) electrons. The maximum atomic E-state index is 6.33. The quantitative estimate of drug-likeness (QED) is 0.647. The molecule has 4 nitrogen and oxygen atoms in total. The van der Waals surface area contributed by atoms with Crippen molar-refractivity contribution >= 4 is 36.5 Å². The van der Waals surface area contributed by atoms with Crippen molar-refractivity contribution < 1.29 is 4.74 Å². The Balaban J connectivity index is 1.78. The molecule has 2 heterocycles. The second-order valence-electron chi connectivity index (χ2n) is 7.07. The largest absolute Gasteiger partial charge is 0.359 e. The second kappa shape index (κ2) is 7.06. The number of imidazole rings is 1. The molecule has 2 aromatic carbocycles. The summed E-state index contributed by atoms with van der Waals surface area (Å²) in [6.45, 7) is 4.11. The van der Waals surface area contributed by atoms with Crippen LogP contribution in [-0.2, 0) is 11.2 Å². The minimum atomic E-state index is -0.178. The lowest BCUT2D eigenvalue weighted by Crippen LogP contribution is -2.34. The van der Waals surface area contributed by atoms with Gasteiger partial charge in [-0.25, -0.2) is 4.98 Å². The van der Waals surface area contributed by atoms with Gasteiger partial charge in [-0.2, -0.15) is 0 Å². The third-order valence-corrected chi connectivity index (χ3v) is 5.28. The molecule has 0 saturated heterocycles. The highest BCUT2D eigenvalue weighted by Gasteiger charge is 2.41. The van der Waals surface area contributed by atoms with Gasteiger partial charge >= 0.3 is 0 Å². The van der Waals surface area contributed by atoms with E-state index < -0.39 is 0 Å². The zero-order valence-electron chi connectivity index (χ0n) is 15.7. The Morgan fingerprint density at radius 1 is 1.15 bits per heavy atom. The van der Waals surface area contributed by atoms with Gasteiger partial charge in [-0.1, -0.05) is 41.3 Å². The van der Waals surface area contributed by atoms with Gasteiger partial charge in [0.15, 0.2) is 6.23 Å². The van der Waals surface area contributed by atoms with Gasteiger partial charge in [0.05, 0.1) is 12.2 Å². The Labute approximate surface area is 166 Å². The molecular formula is C21H21BClN3O. The van der Waals surface area contributed by atoms with Crippen molar-refractivity contribution in [3.63, 3.8) is 0 Å². The van der Waals surface area contributed by atoms with E-state index in [9.17, 15) is 0 Å². The number of fused-ring (bicyclic) bond motifs is 1. The van der Waals surface area contributed by atoms with Crippen LogP contribution in [0.15, 0.2) is 48.7 Å². The third-order valence-electron chi connectivity index (χ3n) is 5.06. The summed E-state index contributed by atoms with van der Waals surface area (Å²) in [4.78, 5) is 6.80. The average Bonchev–Trinajstić information content (AvgIpc) is 3.14. The minimum absolute atomic E-state index is 0.0930. The summed E-state index contributed by atoms with van der Waals surface area (Å²) in [7, 11) is 7.58. The molecule has 0 spiro atoms. The SMILES string of the molecule is [B]c1ccc(C[C@@H]2C(OC)N(c3cc(C)cc(Cl)c3)c3ncc(C)n32)cc1. The molecule has 0 fully saturated rings. The smallest absolute Gasteiger partial charge is 0.212 e. The van der Waals surface area contributed by atoms with Gasteiger partial charge < -0.3 is 9.30 Å².